The lowest BCUT2D eigenvalue weighted by atomic mass is 10.0. The highest BCUT2D eigenvalue weighted by molar-refractivity contribution is 7.89. The number of piperidine rings is 1. The molecule has 4 rings (SSSR count). The molecule has 2 aromatic carbocycles. The number of hydrogen-bond acceptors (Lipinski definition) is 7. The minimum absolute atomic E-state index is 0.0971. The molecule has 1 aliphatic rings. The monoisotopic (exact) mass is 446 g/mol. The van der Waals surface area contributed by atoms with Crippen LogP contribution in [-0.4, -0.2) is 43.9 Å². The molecule has 9 heteroatoms. The van der Waals surface area contributed by atoms with E-state index in [9.17, 15) is 13.2 Å². The Morgan fingerprint density at radius 3 is 2.70 bits per heavy atom. The van der Waals surface area contributed by atoms with Crippen molar-refractivity contribution >= 4 is 37.5 Å². The fourth-order valence-corrected chi connectivity index (χ4v) is 5.89. The summed E-state index contributed by atoms with van der Waals surface area (Å²) < 4.78 is 38.9. The van der Waals surface area contributed by atoms with Gasteiger partial charge in [-0.05, 0) is 49.2 Å². The van der Waals surface area contributed by atoms with E-state index in [0.717, 1.165) is 15.2 Å². The molecule has 2 heterocycles. The summed E-state index contributed by atoms with van der Waals surface area (Å²) in [6.45, 7) is 0.600. The van der Waals surface area contributed by atoms with Gasteiger partial charge in [-0.2, -0.15) is 4.31 Å². The first-order chi connectivity index (χ1) is 14.5. The third-order valence-corrected chi connectivity index (χ3v) is 7.98. The number of ether oxygens (including phenoxy) is 2. The number of para-hydroxylation sites is 1. The maximum Gasteiger partial charge on any atom is 0.310 e. The predicted molar refractivity (Wildman–Crippen MR) is 114 cm³/mol. The minimum Gasteiger partial charge on any atom is -0.497 e. The lowest BCUT2D eigenvalue weighted by Crippen LogP contribution is -2.42. The van der Waals surface area contributed by atoms with Gasteiger partial charge < -0.3 is 9.47 Å². The van der Waals surface area contributed by atoms with Gasteiger partial charge >= 0.3 is 5.97 Å². The summed E-state index contributed by atoms with van der Waals surface area (Å²) in [6.07, 6.45) is 1.21. The van der Waals surface area contributed by atoms with Crippen LogP contribution in [-0.2, 0) is 26.2 Å². The number of methoxy groups -OCH3 is 1. The fourth-order valence-electron chi connectivity index (χ4n) is 3.48. The minimum atomic E-state index is -3.68. The summed E-state index contributed by atoms with van der Waals surface area (Å²) in [5.74, 6) is -0.283. The van der Waals surface area contributed by atoms with E-state index in [0.29, 0.717) is 25.1 Å². The summed E-state index contributed by atoms with van der Waals surface area (Å²) in [4.78, 5) is 17.2. The van der Waals surface area contributed by atoms with Crippen LogP contribution in [0.3, 0.4) is 0 Å². The zero-order chi connectivity index (χ0) is 21.1. The molecular weight excluding hydrogens is 424 g/mol. The normalized spacial score (nSPS) is 17.7. The number of aromatic nitrogens is 1. The van der Waals surface area contributed by atoms with Crippen molar-refractivity contribution in [3.05, 3.63) is 53.5 Å². The third kappa shape index (κ3) is 4.33. The number of fused-ring (bicyclic) bond motifs is 1. The quantitative estimate of drug-likeness (QED) is 0.539. The van der Waals surface area contributed by atoms with E-state index >= 15 is 0 Å². The Kier molecular flexibility index (Phi) is 6.03. The van der Waals surface area contributed by atoms with Crippen LogP contribution in [0.1, 0.15) is 17.8 Å². The molecule has 0 radical (unpaired) electrons. The lowest BCUT2D eigenvalue weighted by Gasteiger charge is -2.30. The standard InChI is InChI=1S/C21H22N2O5S2/c1-27-16-8-10-17(11-9-16)30(25,26)23-12-4-5-15(13-23)21(24)28-14-20-22-18-6-2-3-7-19(18)29-20/h2-3,6-11,15H,4-5,12-14H2,1H3. The van der Waals surface area contributed by atoms with Gasteiger partial charge in [0.2, 0.25) is 10.0 Å². The molecule has 0 amide bonds. The first kappa shape index (κ1) is 20.8. The van der Waals surface area contributed by atoms with E-state index in [1.165, 1.54) is 34.9 Å². The number of nitrogens with zero attached hydrogens (tertiary/aromatic N) is 2. The number of sulfonamides is 1. The maximum absolute atomic E-state index is 13.0. The number of hydrogen-bond donors (Lipinski definition) is 0. The molecule has 1 fully saturated rings. The molecule has 0 N–H and O–H groups in total. The zero-order valence-corrected chi connectivity index (χ0v) is 18.1. The first-order valence-electron chi connectivity index (χ1n) is 9.62. The molecule has 30 heavy (non-hydrogen) atoms. The molecule has 1 aliphatic heterocycles. The number of rotatable bonds is 6. The van der Waals surface area contributed by atoms with Gasteiger partial charge in [0.15, 0.2) is 0 Å². The number of esters is 1. The molecule has 0 aliphatic carbocycles. The smallest absolute Gasteiger partial charge is 0.310 e. The van der Waals surface area contributed by atoms with Crippen LogP contribution < -0.4 is 4.74 Å². The Labute approximate surface area is 179 Å². The second-order valence-electron chi connectivity index (χ2n) is 7.06. The summed E-state index contributed by atoms with van der Waals surface area (Å²) in [5, 5.41) is 0.725. The van der Waals surface area contributed by atoms with E-state index in [1.54, 1.807) is 12.1 Å². The Hall–Kier alpha value is -2.49. The van der Waals surface area contributed by atoms with Crippen molar-refractivity contribution in [2.24, 2.45) is 5.92 Å². The van der Waals surface area contributed by atoms with Gasteiger partial charge in [-0.1, -0.05) is 12.1 Å². The van der Waals surface area contributed by atoms with E-state index < -0.39 is 15.9 Å². The SMILES string of the molecule is COc1ccc(S(=O)(=O)N2CCCC(C(=O)OCc3nc4ccccc4s3)C2)cc1. The Morgan fingerprint density at radius 1 is 1.20 bits per heavy atom. The molecule has 1 unspecified atom stereocenters. The van der Waals surface area contributed by atoms with Crippen LogP contribution in [0, 0.1) is 5.92 Å². The highest BCUT2D eigenvalue weighted by atomic mass is 32.2. The molecular formula is C21H22N2O5S2. The van der Waals surface area contributed by atoms with Crippen molar-refractivity contribution in [1.82, 2.24) is 9.29 Å². The Morgan fingerprint density at radius 2 is 1.97 bits per heavy atom. The number of carbonyl (C=O) groups is 1. The van der Waals surface area contributed by atoms with Gasteiger partial charge in [0.05, 0.1) is 28.1 Å². The molecule has 7 nitrogen and oxygen atoms in total. The highest BCUT2D eigenvalue weighted by Gasteiger charge is 2.34. The largest absolute Gasteiger partial charge is 0.497 e. The Balaban J connectivity index is 1.40. The molecule has 1 aromatic heterocycles. The van der Waals surface area contributed by atoms with Crippen LogP contribution >= 0.6 is 11.3 Å². The van der Waals surface area contributed by atoms with Crippen molar-refractivity contribution in [2.75, 3.05) is 20.2 Å². The lowest BCUT2D eigenvalue weighted by molar-refractivity contribution is -0.151. The van der Waals surface area contributed by atoms with Crippen LogP contribution in [0.15, 0.2) is 53.4 Å². The predicted octanol–water partition coefficient (Wildman–Crippen LogP) is 3.45. The van der Waals surface area contributed by atoms with Crippen molar-refractivity contribution in [1.29, 1.82) is 0 Å². The molecule has 0 bridgehead atoms. The van der Waals surface area contributed by atoms with Crippen LogP contribution in [0.4, 0.5) is 0 Å². The molecule has 1 saturated heterocycles. The van der Waals surface area contributed by atoms with Gasteiger partial charge in [0, 0.05) is 13.1 Å². The van der Waals surface area contributed by atoms with Crippen molar-refractivity contribution in [3.8, 4) is 5.75 Å². The van der Waals surface area contributed by atoms with E-state index in [4.69, 9.17) is 9.47 Å². The van der Waals surface area contributed by atoms with Gasteiger partial charge in [-0.15, -0.1) is 11.3 Å². The highest BCUT2D eigenvalue weighted by Crippen LogP contribution is 2.27. The number of carbonyl (C=O) groups excluding carboxylic acids is 1. The first-order valence-corrected chi connectivity index (χ1v) is 11.9. The van der Waals surface area contributed by atoms with Crippen LogP contribution in [0.25, 0.3) is 10.2 Å². The molecule has 0 spiro atoms. The summed E-state index contributed by atoms with van der Waals surface area (Å²) >= 11 is 1.49. The van der Waals surface area contributed by atoms with Gasteiger partial charge in [-0.25, -0.2) is 13.4 Å². The molecule has 1 atom stereocenters. The second kappa shape index (κ2) is 8.71. The van der Waals surface area contributed by atoms with E-state index in [2.05, 4.69) is 4.98 Å². The molecule has 3 aromatic rings. The van der Waals surface area contributed by atoms with Gasteiger partial charge in [0.25, 0.3) is 0 Å². The third-order valence-electron chi connectivity index (χ3n) is 5.09. The van der Waals surface area contributed by atoms with E-state index in [1.807, 2.05) is 24.3 Å². The molecule has 158 valence electrons. The topological polar surface area (TPSA) is 85.8 Å². The summed E-state index contributed by atoms with van der Waals surface area (Å²) in [7, 11) is -2.15. The second-order valence-corrected chi connectivity index (χ2v) is 10.1. The van der Waals surface area contributed by atoms with Crippen molar-refractivity contribution in [2.45, 2.75) is 24.3 Å². The van der Waals surface area contributed by atoms with Crippen LogP contribution in [0.2, 0.25) is 0 Å². The summed E-state index contributed by atoms with van der Waals surface area (Å²) in [6, 6.07) is 14.0. The van der Waals surface area contributed by atoms with Gasteiger partial charge in [-0.3, -0.25) is 4.79 Å². The van der Waals surface area contributed by atoms with Crippen molar-refractivity contribution in [3.63, 3.8) is 0 Å². The van der Waals surface area contributed by atoms with Crippen LogP contribution in [0.5, 0.6) is 5.75 Å². The fraction of sp³-hybridized carbons (Fsp3) is 0.333. The maximum atomic E-state index is 13.0. The molecule has 0 saturated carbocycles. The van der Waals surface area contributed by atoms with E-state index in [-0.39, 0.29) is 24.0 Å². The van der Waals surface area contributed by atoms with Gasteiger partial charge in [0.1, 0.15) is 17.4 Å². The zero-order valence-electron chi connectivity index (χ0n) is 16.5. The van der Waals surface area contributed by atoms with Crippen molar-refractivity contribution < 1.29 is 22.7 Å². The number of benzene rings is 2. The average Bonchev–Trinajstić information content (AvgIpc) is 3.20. The number of thiazole rings is 1. The average molecular weight is 447 g/mol. The Bertz CT molecular complexity index is 1110. The summed E-state index contributed by atoms with van der Waals surface area (Å²) in [5.41, 5.74) is 0.878.